The zero-order valence-corrected chi connectivity index (χ0v) is 16.9. The molecule has 2 aliphatic rings. The minimum atomic E-state index is -3.30. The molecular formula is C23H17FN2O3S. The summed E-state index contributed by atoms with van der Waals surface area (Å²) in [6.45, 7) is 0. The average Bonchev–Trinajstić information content (AvgIpc) is 3.10. The standard InChI is InChI=1S/C23H17FN2O3S/c1-30(27,28)19-12-8-16(9-13-19)23-22(15-6-10-18(24)11-7-15)20-14-17-4-2-3-5-21(17)29-26(20)25-23/h2-3,5-14H,4H2,1H3. The van der Waals surface area contributed by atoms with Crippen LogP contribution >= 0.6 is 0 Å². The number of sulfone groups is 1. The van der Waals surface area contributed by atoms with Gasteiger partial charge in [0.2, 0.25) is 0 Å². The summed E-state index contributed by atoms with van der Waals surface area (Å²) in [6, 6.07) is 12.8. The van der Waals surface area contributed by atoms with Gasteiger partial charge in [-0.3, -0.25) is 0 Å². The molecule has 0 atom stereocenters. The summed E-state index contributed by atoms with van der Waals surface area (Å²) < 4.78 is 37.2. The van der Waals surface area contributed by atoms with Crippen LogP contribution in [-0.2, 0) is 9.84 Å². The maximum absolute atomic E-state index is 13.5. The number of rotatable bonds is 3. The molecular weight excluding hydrogens is 403 g/mol. The number of hydrogen-bond acceptors (Lipinski definition) is 4. The predicted octanol–water partition coefficient (Wildman–Crippen LogP) is 4.43. The molecule has 5 nitrogen and oxygen atoms in total. The van der Waals surface area contributed by atoms with E-state index in [1.165, 1.54) is 23.2 Å². The van der Waals surface area contributed by atoms with Crippen molar-refractivity contribution in [3.63, 3.8) is 0 Å². The molecule has 0 spiro atoms. The summed E-state index contributed by atoms with van der Waals surface area (Å²) in [7, 11) is -3.30. The van der Waals surface area contributed by atoms with E-state index in [0.29, 0.717) is 5.69 Å². The van der Waals surface area contributed by atoms with E-state index in [1.807, 2.05) is 24.3 Å². The third-order valence-corrected chi connectivity index (χ3v) is 6.24. The van der Waals surface area contributed by atoms with Crippen LogP contribution in [0.1, 0.15) is 12.1 Å². The van der Waals surface area contributed by atoms with Gasteiger partial charge in [0.15, 0.2) is 15.6 Å². The molecule has 7 heteroatoms. The van der Waals surface area contributed by atoms with E-state index < -0.39 is 9.84 Å². The van der Waals surface area contributed by atoms with Gasteiger partial charge in [0.25, 0.3) is 0 Å². The van der Waals surface area contributed by atoms with Gasteiger partial charge < -0.3 is 4.84 Å². The fourth-order valence-corrected chi connectivity index (χ4v) is 4.24. The highest BCUT2D eigenvalue weighted by molar-refractivity contribution is 7.90. The molecule has 0 fully saturated rings. The highest BCUT2D eigenvalue weighted by atomic mass is 32.2. The quantitative estimate of drug-likeness (QED) is 0.629. The molecule has 1 aliphatic heterocycles. The lowest BCUT2D eigenvalue weighted by atomic mass is 9.96. The lowest BCUT2D eigenvalue weighted by molar-refractivity contribution is 0.146. The first-order valence-electron chi connectivity index (χ1n) is 9.36. The second kappa shape index (κ2) is 6.81. The van der Waals surface area contributed by atoms with E-state index in [0.717, 1.165) is 40.1 Å². The Kier molecular flexibility index (Phi) is 4.22. The van der Waals surface area contributed by atoms with Crippen molar-refractivity contribution in [3.8, 4) is 22.4 Å². The third-order valence-electron chi connectivity index (χ3n) is 5.11. The molecule has 150 valence electrons. The van der Waals surface area contributed by atoms with Crippen LogP contribution in [0.5, 0.6) is 0 Å². The van der Waals surface area contributed by atoms with E-state index in [-0.39, 0.29) is 10.7 Å². The largest absolute Gasteiger partial charge is 0.357 e. The first-order chi connectivity index (χ1) is 14.4. The summed E-state index contributed by atoms with van der Waals surface area (Å²) in [5.74, 6) is 0.410. The van der Waals surface area contributed by atoms with Gasteiger partial charge in [0.1, 0.15) is 17.2 Å². The number of hydrogen-bond donors (Lipinski definition) is 0. The summed E-state index contributed by atoms with van der Waals surface area (Å²) >= 11 is 0. The minimum Gasteiger partial charge on any atom is -0.357 e. The normalized spacial score (nSPS) is 15.0. The van der Waals surface area contributed by atoms with E-state index in [9.17, 15) is 12.8 Å². The van der Waals surface area contributed by atoms with Gasteiger partial charge in [-0.2, -0.15) is 0 Å². The third kappa shape index (κ3) is 3.17. The van der Waals surface area contributed by atoms with Gasteiger partial charge in [-0.05, 0) is 48.4 Å². The fourth-order valence-electron chi connectivity index (χ4n) is 3.61. The lowest BCUT2D eigenvalue weighted by Gasteiger charge is -2.20. The van der Waals surface area contributed by atoms with Crippen LogP contribution in [0.15, 0.2) is 83.0 Å². The summed E-state index contributed by atoms with van der Waals surface area (Å²) in [4.78, 5) is 7.68. The molecule has 0 radical (unpaired) electrons. The van der Waals surface area contributed by atoms with Crippen molar-refractivity contribution < 1.29 is 17.6 Å². The maximum Gasteiger partial charge on any atom is 0.175 e. The van der Waals surface area contributed by atoms with Crippen LogP contribution in [0, 0.1) is 5.82 Å². The molecule has 3 aromatic rings. The molecule has 0 saturated heterocycles. The van der Waals surface area contributed by atoms with Crippen LogP contribution in [-0.4, -0.2) is 24.6 Å². The topological polar surface area (TPSA) is 61.2 Å². The number of aromatic nitrogens is 2. The fraction of sp³-hybridized carbons (Fsp3) is 0.0870. The molecule has 0 unspecified atom stereocenters. The predicted molar refractivity (Wildman–Crippen MR) is 113 cm³/mol. The Labute approximate surface area is 173 Å². The van der Waals surface area contributed by atoms with Crippen molar-refractivity contribution in [2.75, 3.05) is 6.26 Å². The molecule has 0 saturated carbocycles. The van der Waals surface area contributed by atoms with Crippen molar-refractivity contribution >= 4 is 15.9 Å². The SMILES string of the molecule is CS(=O)(=O)c1ccc(-c2nn3c(c2-c2ccc(F)cc2)C=C2CC=CC=C2O3)cc1. The number of halogens is 1. The van der Waals surface area contributed by atoms with E-state index in [4.69, 9.17) is 4.84 Å². The first-order valence-corrected chi connectivity index (χ1v) is 11.2. The van der Waals surface area contributed by atoms with Crippen molar-refractivity contribution in [2.45, 2.75) is 11.3 Å². The van der Waals surface area contributed by atoms with Gasteiger partial charge in [0, 0.05) is 23.0 Å². The Balaban J connectivity index is 1.71. The molecule has 2 heterocycles. The van der Waals surface area contributed by atoms with Gasteiger partial charge >= 0.3 is 0 Å². The minimum absolute atomic E-state index is 0.235. The number of fused-ring (bicyclic) bond motifs is 2. The van der Waals surface area contributed by atoms with Gasteiger partial charge in [-0.1, -0.05) is 41.3 Å². The van der Waals surface area contributed by atoms with E-state index >= 15 is 0 Å². The highest BCUT2D eigenvalue weighted by Gasteiger charge is 2.26. The van der Waals surface area contributed by atoms with Crippen LogP contribution in [0.3, 0.4) is 0 Å². The van der Waals surface area contributed by atoms with Crippen LogP contribution in [0.2, 0.25) is 0 Å². The molecule has 1 aliphatic carbocycles. The maximum atomic E-state index is 13.5. The Morgan fingerprint density at radius 1 is 1.03 bits per heavy atom. The second-order valence-electron chi connectivity index (χ2n) is 7.21. The first kappa shape index (κ1) is 18.6. The van der Waals surface area contributed by atoms with Gasteiger partial charge in [-0.15, -0.1) is 5.10 Å². The van der Waals surface area contributed by atoms with E-state index in [2.05, 4.69) is 5.10 Å². The smallest absolute Gasteiger partial charge is 0.175 e. The van der Waals surface area contributed by atoms with Crippen LogP contribution < -0.4 is 4.84 Å². The highest BCUT2D eigenvalue weighted by Crippen LogP contribution is 2.39. The van der Waals surface area contributed by atoms with Crippen molar-refractivity contribution in [1.82, 2.24) is 9.94 Å². The van der Waals surface area contributed by atoms with Crippen molar-refractivity contribution in [3.05, 3.63) is 89.6 Å². The molecule has 0 amide bonds. The Morgan fingerprint density at radius 2 is 1.73 bits per heavy atom. The van der Waals surface area contributed by atoms with Crippen LogP contribution in [0.25, 0.3) is 28.5 Å². The Hall–Kier alpha value is -3.45. The number of nitrogens with zero attached hydrogens (tertiary/aromatic N) is 2. The molecule has 0 bridgehead atoms. The molecule has 0 N–H and O–H groups in total. The zero-order valence-electron chi connectivity index (χ0n) is 16.0. The van der Waals surface area contributed by atoms with Crippen LogP contribution in [0.4, 0.5) is 4.39 Å². The summed E-state index contributed by atoms with van der Waals surface area (Å²) in [5.41, 5.74) is 4.74. The lowest BCUT2D eigenvalue weighted by Crippen LogP contribution is -2.20. The van der Waals surface area contributed by atoms with Gasteiger partial charge in [-0.25, -0.2) is 12.8 Å². The molecule has 5 rings (SSSR count). The van der Waals surface area contributed by atoms with Gasteiger partial charge in [0.05, 0.1) is 4.90 Å². The molecule has 1 aromatic heterocycles. The second-order valence-corrected chi connectivity index (χ2v) is 9.23. The summed E-state index contributed by atoms with van der Waals surface area (Å²) in [6.07, 6.45) is 9.82. The molecule has 30 heavy (non-hydrogen) atoms. The molecule has 2 aromatic carbocycles. The number of benzene rings is 2. The van der Waals surface area contributed by atoms with Crippen molar-refractivity contribution in [2.24, 2.45) is 0 Å². The van der Waals surface area contributed by atoms with E-state index in [1.54, 1.807) is 36.4 Å². The van der Waals surface area contributed by atoms with Crippen molar-refractivity contribution in [1.29, 1.82) is 0 Å². The Morgan fingerprint density at radius 3 is 2.43 bits per heavy atom. The zero-order chi connectivity index (χ0) is 20.9. The summed E-state index contributed by atoms with van der Waals surface area (Å²) in [5, 5.41) is 4.64. The average molecular weight is 420 g/mol. The number of allylic oxidation sites excluding steroid dienone is 4. The monoisotopic (exact) mass is 420 g/mol. The Bertz CT molecular complexity index is 1350.